The molecule has 4 nitrogen and oxygen atoms in total. The molecule has 16 heavy (non-hydrogen) atoms. The smallest absolute Gasteiger partial charge is 0.320 e. The van der Waals surface area contributed by atoms with Crippen LogP contribution < -0.4 is 5.73 Å². The Morgan fingerprint density at radius 1 is 1.19 bits per heavy atom. The van der Waals surface area contributed by atoms with E-state index in [0.29, 0.717) is 12.5 Å². The fraction of sp³-hybridized carbons (Fsp3) is 0.917. The van der Waals surface area contributed by atoms with E-state index in [9.17, 15) is 4.79 Å². The zero-order valence-corrected chi connectivity index (χ0v) is 10.2. The third-order valence-corrected chi connectivity index (χ3v) is 3.94. The molecule has 0 aromatic rings. The molecule has 2 amide bonds. The number of hydrogen-bond donors (Lipinski definition) is 1. The maximum Gasteiger partial charge on any atom is 0.320 e. The van der Waals surface area contributed by atoms with Gasteiger partial charge in [-0.15, -0.1) is 0 Å². The molecule has 2 N–H and O–H groups in total. The first-order chi connectivity index (χ1) is 7.70. The number of carbonyl (C=O) groups excluding carboxylic acids is 1. The molecule has 1 unspecified atom stereocenters. The second kappa shape index (κ2) is 5.04. The van der Waals surface area contributed by atoms with Gasteiger partial charge in [0.1, 0.15) is 0 Å². The fourth-order valence-electron chi connectivity index (χ4n) is 2.60. The van der Waals surface area contributed by atoms with Gasteiger partial charge < -0.3 is 15.5 Å². The van der Waals surface area contributed by atoms with Crippen molar-refractivity contribution in [2.24, 2.45) is 17.6 Å². The lowest BCUT2D eigenvalue weighted by atomic mass is 10.00. The number of rotatable bonds is 1. The van der Waals surface area contributed by atoms with Gasteiger partial charge >= 0.3 is 6.03 Å². The molecule has 2 saturated heterocycles. The third kappa shape index (κ3) is 2.48. The van der Waals surface area contributed by atoms with Gasteiger partial charge in [-0.2, -0.15) is 0 Å². The van der Waals surface area contributed by atoms with Crippen molar-refractivity contribution in [1.82, 2.24) is 9.80 Å². The highest BCUT2D eigenvalue weighted by Crippen LogP contribution is 2.21. The standard InChI is InChI=1S/C12H23N3O/c1-10-2-5-14(6-3-10)12(16)15-7-4-11(8-13)9-15/h10-11H,2-9,13H2,1H3. The Balaban J connectivity index is 1.83. The molecule has 0 saturated carbocycles. The van der Waals surface area contributed by atoms with E-state index in [1.807, 2.05) is 9.80 Å². The number of carbonyl (C=O) groups is 1. The quantitative estimate of drug-likeness (QED) is 0.727. The summed E-state index contributed by atoms with van der Waals surface area (Å²) in [5, 5.41) is 0. The molecular weight excluding hydrogens is 202 g/mol. The maximum absolute atomic E-state index is 12.2. The number of hydrogen-bond acceptors (Lipinski definition) is 2. The predicted octanol–water partition coefficient (Wildman–Crippen LogP) is 1.12. The molecule has 2 heterocycles. The Kier molecular flexibility index (Phi) is 3.69. The van der Waals surface area contributed by atoms with Crippen molar-refractivity contribution in [3.8, 4) is 0 Å². The van der Waals surface area contributed by atoms with Crippen LogP contribution in [0.4, 0.5) is 4.79 Å². The van der Waals surface area contributed by atoms with Crippen molar-refractivity contribution in [2.45, 2.75) is 26.2 Å². The van der Waals surface area contributed by atoms with E-state index in [4.69, 9.17) is 5.73 Å². The van der Waals surface area contributed by atoms with Crippen molar-refractivity contribution in [1.29, 1.82) is 0 Å². The molecule has 4 heteroatoms. The van der Waals surface area contributed by atoms with Crippen molar-refractivity contribution in [3.63, 3.8) is 0 Å². The molecule has 0 radical (unpaired) electrons. The van der Waals surface area contributed by atoms with Crippen LogP contribution in [0.2, 0.25) is 0 Å². The largest absolute Gasteiger partial charge is 0.330 e. The van der Waals surface area contributed by atoms with Crippen molar-refractivity contribution in [3.05, 3.63) is 0 Å². The van der Waals surface area contributed by atoms with Crippen LogP contribution in [-0.2, 0) is 0 Å². The first-order valence-corrected chi connectivity index (χ1v) is 6.44. The van der Waals surface area contributed by atoms with Gasteiger partial charge in [-0.3, -0.25) is 0 Å². The molecule has 0 aromatic carbocycles. The van der Waals surface area contributed by atoms with Gasteiger partial charge in [-0.25, -0.2) is 4.79 Å². The van der Waals surface area contributed by atoms with Crippen molar-refractivity contribution in [2.75, 3.05) is 32.7 Å². The summed E-state index contributed by atoms with van der Waals surface area (Å²) < 4.78 is 0. The van der Waals surface area contributed by atoms with E-state index in [-0.39, 0.29) is 6.03 Å². The van der Waals surface area contributed by atoms with Crippen LogP contribution >= 0.6 is 0 Å². The van der Waals surface area contributed by atoms with E-state index in [1.165, 1.54) is 0 Å². The van der Waals surface area contributed by atoms with Crippen molar-refractivity contribution >= 4 is 6.03 Å². The number of piperidine rings is 1. The van der Waals surface area contributed by atoms with Gasteiger partial charge in [-0.1, -0.05) is 6.92 Å². The molecule has 2 aliphatic heterocycles. The molecule has 0 spiro atoms. The minimum Gasteiger partial charge on any atom is -0.330 e. The highest BCUT2D eigenvalue weighted by atomic mass is 16.2. The van der Waals surface area contributed by atoms with E-state index in [2.05, 4.69) is 6.92 Å². The minimum absolute atomic E-state index is 0.239. The molecule has 2 rings (SSSR count). The lowest BCUT2D eigenvalue weighted by molar-refractivity contribution is 0.141. The second-order valence-corrected chi connectivity index (χ2v) is 5.29. The first kappa shape index (κ1) is 11.7. The summed E-state index contributed by atoms with van der Waals surface area (Å²) in [6, 6.07) is 0.239. The predicted molar refractivity (Wildman–Crippen MR) is 64.1 cm³/mol. The van der Waals surface area contributed by atoms with E-state index < -0.39 is 0 Å². The highest BCUT2D eigenvalue weighted by molar-refractivity contribution is 5.74. The van der Waals surface area contributed by atoms with Crippen LogP contribution in [0.25, 0.3) is 0 Å². The number of amides is 2. The Hall–Kier alpha value is -0.770. The summed E-state index contributed by atoms with van der Waals surface area (Å²) in [6.45, 7) is 6.60. The van der Waals surface area contributed by atoms with Crippen LogP contribution in [-0.4, -0.2) is 48.6 Å². The lowest BCUT2D eigenvalue weighted by Crippen LogP contribution is -2.45. The van der Waals surface area contributed by atoms with E-state index in [0.717, 1.165) is 51.4 Å². The molecule has 2 aliphatic rings. The Labute approximate surface area is 97.8 Å². The van der Waals surface area contributed by atoms with Crippen LogP contribution in [0.15, 0.2) is 0 Å². The summed E-state index contributed by atoms with van der Waals surface area (Å²) in [4.78, 5) is 16.2. The van der Waals surface area contributed by atoms with Gasteiger partial charge in [0, 0.05) is 26.2 Å². The molecule has 92 valence electrons. The van der Waals surface area contributed by atoms with Crippen LogP contribution in [0.5, 0.6) is 0 Å². The number of nitrogens with zero attached hydrogens (tertiary/aromatic N) is 2. The highest BCUT2D eigenvalue weighted by Gasteiger charge is 2.29. The fourth-order valence-corrected chi connectivity index (χ4v) is 2.60. The van der Waals surface area contributed by atoms with Gasteiger partial charge in [0.2, 0.25) is 0 Å². The summed E-state index contributed by atoms with van der Waals surface area (Å²) in [5.41, 5.74) is 5.64. The molecular formula is C12H23N3O. The molecule has 0 aliphatic carbocycles. The Morgan fingerprint density at radius 2 is 1.81 bits per heavy atom. The average molecular weight is 225 g/mol. The summed E-state index contributed by atoms with van der Waals surface area (Å²) in [5.74, 6) is 1.30. The Bertz CT molecular complexity index is 245. The summed E-state index contributed by atoms with van der Waals surface area (Å²) in [6.07, 6.45) is 3.38. The number of likely N-dealkylation sites (tertiary alicyclic amines) is 2. The normalized spacial score (nSPS) is 27.5. The average Bonchev–Trinajstić information content (AvgIpc) is 2.77. The monoisotopic (exact) mass is 225 g/mol. The second-order valence-electron chi connectivity index (χ2n) is 5.29. The third-order valence-electron chi connectivity index (χ3n) is 3.94. The van der Waals surface area contributed by atoms with Crippen molar-refractivity contribution < 1.29 is 4.79 Å². The Morgan fingerprint density at radius 3 is 2.38 bits per heavy atom. The van der Waals surface area contributed by atoms with Gasteiger partial charge in [0.25, 0.3) is 0 Å². The molecule has 0 aromatic heterocycles. The minimum atomic E-state index is 0.239. The topological polar surface area (TPSA) is 49.6 Å². The van der Waals surface area contributed by atoms with Crippen LogP contribution in [0.1, 0.15) is 26.2 Å². The zero-order chi connectivity index (χ0) is 11.5. The van der Waals surface area contributed by atoms with Gasteiger partial charge in [0.05, 0.1) is 0 Å². The van der Waals surface area contributed by atoms with E-state index >= 15 is 0 Å². The number of nitrogens with two attached hydrogens (primary N) is 1. The molecule has 2 fully saturated rings. The van der Waals surface area contributed by atoms with Crippen LogP contribution in [0, 0.1) is 11.8 Å². The maximum atomic E-state index is 12.2. The van der Waals surface area contributed by atoms with Crippen LogP contribution in [0.3, 0.4) is 0 Å². The zero-order valence-electron chi connectivity index (χ0n) is 10.2. The first-order valence-electron chi connectivity index (χ1n) is 6.44. The molecule has 0 bridgehead atoms. The summed E-state index contributed by atoms with van der Waals surface area (Å²) in [7, 11) is 0. The van der Waals surface area contributed by atoms with Gasteiger partial charge in [-0.05, 0) is 37.6 Å². The van der Waals surface area contributed by atoms with Gasteiger partial charge in [0.15, 0.2) is 0 Å². The number of urea groups is 1. The van der Waals surface area contributed by atoms with E-state index in [1.54, 1.807) is 0 Å². The SMILES string of the molecule is CC1CCN(C(=O)N2CCC(CN)C2)CC1. The lowest BCUT2D eigenvalue weighted by Gasteiger charge is -2.33. The summed E-state index contributed by atoms with van der Waals surface area (Å²) >= 11 is 0. The molecule has 1 atom stereocenters.